The average Bonchev–Trinajstić information content (AvgIpc) is 3.21. The Hall–Kier alpha value is -2.78. The van der Waals surface area contributed by atoms with Crippen molar-refractivity contribution in [3.05, 3.63) is 42.5 Å². The topological polar surface area (TPSA) is 97.0 Å². The number of nitrogens with one attached hydrogen (secondary N) is 2. The number of benzene rings is 2. The van der Waals surface area contributed by atoms with Crippen molar-refractivity contribution in [2.75, 3.05) is 36.9 Å². The molecule has 2 heterocycles. The Kier molecular flexibility index (Phi) is 6.33. The number of nitrogens with zero attached hydrogens (tertiary/aromatic N) is 1. The summed E-state index contributed by atoms with van der Waals surface area (Å²) in [5.74, 6) is 1.12. The lowest BCUT2D eigenvalue weighted by molar-refractivity contribution is -0.116. The summed E-state index contributed by atoms with van der Waals surface area (Å²) in [5, 5.41) is 5.97. The number of rotatable bonds is 6. The number of anilines is 2. The number of hydrogen-bond donors (Lipinski definition) is 2. The lowest BCUT2D eigenvalue weighted by atomic mass is 10.2. The zero-order valence-electron chi connectivity index (χ0n) is 17.5. The minimum Gasteiger partial charge on any atom is -0.490 e. The molecule has 1 saturated heterocycles. The first-order valence-electron chi connectivity index (χ1n) is 10.5. The van der Waals surface area contributed by atoms with Crippen LogP contribution in [0, 0.1) is 0 Å². The summed E-state index contributed by atoms with van der Waals surface area (Å²) < 4.78 is 38.0. The second-order valence-corrected chi connectivity index (χ2v) is 9.64. The van der Waals surface area contributed by atoms with Gasteiger partial charge in [-0.1, -0.05) is 0 Å². The molecule has 0 aliphatic carbocycles. The highest BCUT2D eigenvalue weighted by atomic mass is 32.2. The van der Waals surface area contributed by atoms with E-state index in [1.165, 1.54) is 16.4 Å². The molecule has 8 nitrogen and oxygen atoms in total. The van der Waals surface area contributed by atoms with Gasteiger partial charge in [-0.05, 0) is 56.2 Å². The van der Waals surface area contributed by atoms with Crippen molar-refractivity contribution in [3.63, 3.8) is 0 Å². The zero-order valence-corrected chi connectivity index (χ0v) is 18.3. The SMILES string of the molecule is CC(Nc1ccc2c(c1)OCCCO2)C(=O)Nc1ccc(S(=O)(=O)N2CCCC2)cc1. The van der Waals surface area contributed by atoms with E-state index in [0.29, 0.717) is 43.5 Å². The predicted octanol–water partition coefficient (Wildman–Crippen LogP) is 3.07. The van der Waals surface area contributed by atoms with Gasteiger partial charge in [0.1, 0.15) is 6.04 Å². The van der Waals surface area contributed by atoms with E-state index in [1.54, 1.807) is 19.1 Å². The fourth-order valence-corrected chi connectivity index (χ4v) is 5.12. The molecule has 1 unspecified atom stereocenters. The Labute approximate surface area is 182 Å². The van der Waals surface area contributed by atoms with Crippen molar-refractivity contribution >= 4 is 27.3 Å². The van der Waals surface area contributed by atoms with Crippen LogP contribution in [0.4, 0.5) is 11.4 Å². The number of hydrogen-bond acceptors (Lipinski definition) is 6. The van der Waals surface area contributed by atoms with Crippen LogP contribution in [0.25, 0.3) is 0 Å². The van der Waals surface area contributed by atoms with Crippen LogP contribution >= 0.6 is 0 Å². The normalized spacial score (nSPS) is 17.6. The van der Waals surface area contributed by atoms with Crippen molar-refractivity contribution in [2.24, 2.45) is 0 Å². The average molecular weight is 446 g/mol. The third kappa shape index (κ3) is 4.94. The van der Waals surface area contributed by atoms with Crippen molar-refractivity contribution in [3.8, 4) is 11.5 Å². The molecular weight excluding hydrogens is 418 g/mol. The van der Waals surface area contributed by atoms with E-state index >= 15 is 0 Å². The largest absolute Gasteiger partial charge is 0.490 e. The third-order valence-corrected chi connectivity index (χ3v) is 7.26. The van der Waals surface area contributed by atoms with E-state index in [9.17, 15) is 13.2 Å². The van der Waals surface area contributed by atoms with Gasteiger partial charge >= 0.3 is 0 Å². The summed E-state index contributed by atoms with van der Waals surface area (Å²) in [4.78, 5) is 12.8. The van der Waals surface area contributed by atoms with Crippen molar-refractivity contribution < 1.29 is 22.7 Å². The highest BCUT2D eigenvalue weighted by Crippen LogP contribution is 2.32. The molecular formula is C22H27N3O5S. The highest BCUT2D eigenvalue weighted by molar-refractivity contribution is 7.89. The molecule has 1 fully saturated rings. The van der Waals surface area contributed by atoms with E-state index in [1.807, 2.05) is 18.2 Å². The highest BCUT2D eigenvalue weighted by Gasteiger charge is 2.27. The van der Waals surface area contributed by atoms with Crippen LogP contribution in [-0.2, 0) is 14.8 Å². The number of amides is 1. The lowest BCUT2D eigenvalue weighted by Crippen LogP contribution is -2.32. The van der Waals surface area contributed by atoms with Gasteiger partial charge in [-0.3, -0.25) is 4.79 Å². The summed E-state index contributed by atoms with van der Waals surface area (Å²) in [6.45, 7) is 4.09. The van der Waals surface area contributed by atoms with Gasteiger partial charge in [-0.2, -0.15) is 4.31 Å². The van der Waals surface area contributed by atoms with Crippen molar-refractivity contribution in [2.45, 2.75) is 37.1 Å². The van der Waals surface area contributed by atoms with Crippen LogP contribution < -0.4 is 20.1 Å². The van der Waals surface area contributed by atoms with E-state index in [-0.39, 0.29) is 10.8 Å². The minimum absolute atomic E-state index is 0.234. The Morgan fingerprint density at radius 3 is 2.29 bits per heavy atom. The number of carbonyl (C=O) groups excluding carboxylic acids is 1. The Morgan fingerprint density at radius 1 is 0.935 bits per heavy atom. The molecule has 1 atom stereocenters. The molecule has 0 aromatic heterocycles. The number of carbonyl (C=O) groups is 1. The van der Waals surface area contributed by atoms with Crippen LogP contribution in [0.1, 0.15) is 26.2 Å². The second kappa shape index (κ2) is 9.15. The van der Waals surface area contributed by atoms with Crippen LogP contribution in [0.5, 0.6) is 11.5 Å². The molecule has 31 heavy (non-hydrogen) atoms. The van der Waals surface area contributed by atoms with E-state index in [2.05, 4.69) is 10.6 Å². The van der Waals surface area contributed by atoms with Gasteiger partial charge < -0.3 is 20.1 Å². The maximum absolute atomic E-state index is 12.6. The van der Waals surface area contributed by atoms with Crippen LogP contribution in [0.15, 0.2) is 47.4 Å². The van der Waals surface area contributed by atoms with Crippen molar-refractivity contribution in [1.29, 1.82) is 0 Å². The fraction of sp³-hybridized carbons (Fsp3) is 0.409. The molecule has 9 heteroatoms. The smallest absolute Gasteiger partial charge is 0.246 e. The number of sulfonamides is 1. The third-order valence-electron chi connectivity index (χ3n) is 5.35. The van der Waals surface area contributed by atoms with Gasteiger partial charge in [0.2, 0.25) is 15.9 Å². The van der Waals surface area contributed by atoms with Crippen LogP contribution in [0.3, 0.4) is 0 Å². The molecule has 0 saturated carbocycles. The maximum atomic E-state index is 12.6. The van der Waals surface area contributed by atoms with Gasteiger partial charge in [-0.15, -0.1) is 0 Å². The molecule has 166 valence electrons. The predicted molar refractivity (Wildman–Crippen MR) is 118 cm³/mol. The monoisotopic (exact) mass is 445 g/mol. The second-order valence-electron chi connectivity index (χ2n) is 7.70. The fourth-order valence-electron chi connectivity index (χ4n) is 3.61. The molecule has 0 radical (unpaired) electrons. The van der Waals surface area contributed by atoms with Crippen LogP contribution in [0.2, 0.25) is 0 Å². The maximum Gasteiger partial charge on any atom is 0.246 e. The lowest BCUT2D eigenvalue weighted by Gasteiger charge is -2.18. The molecule has 2 N–H and O–H groups in total. The Morgan fingerprint density at radius 2 is 1.58 bits per heavy atom. The molecule has 0 spiro atoms. The van der Waals surface area contributed by atoms with Gasteiger partial charge in [-0.25, -0.2) is 8.42 Å². The summed E-state index contributed by atoms with van der Waals surface area (Å²) in [5.41, 5.74) is 1.29. The van der Waals surface area contributed by atoms with Gasteiger partial charge in [0, 0.05) is 37.0 Å². The molecule has 4 rings (SSSR count). The molecule has 2 aliphatic rings. The summed E-state index contributed by atoms with van der Waals surface area (Å²) >= 11 is 0. The van der Waals surface area contributed by atoms with Gasteiger partial charge in [0.25, 0.3) is 0 Å². The van der Waals surface area contributed by atoms with E-state index in [4.69, 9.17) is 9.47 Å². The standard InChI is InChI=1S/C22H27N3O5S/c1-16(23-18-7-10-20-21(15-18)30-14-4-13-29-20)22(26)24-17-5-8-19(9-6-17)31(27,28)25-11-2-3-12-25/h5-10,15-16,23H,2-4,11-14H2,1H3,(H,24,26). The summed E-state index contributed by atoms with van der Waals surface area (Å²) in [6.07, 6.45) is 2.61. The van der Waals surface area contributed by atoms with E-state index in [0.717, 1.165) is 24.9 Å². The quantitative estimate of drug-likeness (QED) is 0.709. The summed E-state index contributed by atoms with van der Waals surface area (Å²) in [7, 11) is -3.47. The first-order chi connectivity index (χ1) is 14.9. The zero-order chi connectivity index (χ0) is 21.8. The Bertz CT molecular complexity index is 1030. The molecule has 1 amide bonds. The minimum atomic E-state index is -3.47. The molecule has 2 aromatic rings. The first kappa shape index (κ1) is 21.5. The van der Waals surface area contributed by atoms with Gasteiger partial charge in [0.05, 0.1) is 18.1 Å². The van der Waals surface area contributed by atoms with Crippen LogP contribution in [-0.4, -0.2) is 51.0 Å². The molecule has 2 aliphatic heterocycles. The van der Waals surface area contributed by atoms with E-state index < -0.39 is 16.1 Å². The number of fused-ring (bicyclic) bond motifs is 1. The summed E-state index contributed by atoms with van der Waals surface area (Å²) in [6, 6.07) is 11.3. The number of ether oxygens (including phenoxy) is 2. The molecule has 0 bridgehead atoms. The Balaban J connectivity index is 1.37. The first-order valence-corrected chi connectivity index (χ1v) is 11.9. The van der Waals surface area contributed by atoms with Crippen molar-refractivity contribution in [1.82, 2.24) is 4.31 Å². The molecule has 2 aromatic carbocycles. The van der Waals surface area contributed by atoms with Gasteiger partial charge in [0.15, 0.2) is 11.5 Å².